The molecule has 0 spiro atoms. The highest BCUT2D eigenvalue weighted by Crippen LogP contribution is 2.33. The summed E-state index contributed by atoms with van der Waals surface area (Å²) in [6.07, 6.45) is 1.80. The molecule has 0 bridgehead atoms. The highest BCUT2D eigenvalue weighted by atomic mass is 16.6. The highest BCUT2D eigenvalue weighted by Gasteiger charge is 2.21. The Morgan fingerprint density at radius 1 is 1.00 bits per heavy atom. The van der Waals surface area contributed by atoms with E-state index in [1.807, 2.05) is 30.3 Å². The Hall–Kier alpha value is -4.80. The predicted octanol–water partition coefficient (Wildman–Crippen LogP) is 4.18. The molecule has 0 aliphatic heterocycles. The molecule has 0 fully saturated rings. The molecule has 0 N–H and O–H groups in total. The lowest BCUT2D eigenvalue weighted by atomic mass is 10.1. The first kappa shape index (κ1) is 19.2. The lowest BCUT2D eigenvalue weighted by Gasteiger charge is -2.07. The summed E-state index contributed by atoms with van der Waals surface area (Å²) in [6.45, 7) is 0. The minimum absolute atomic E-state index is 0.0177. The number of aromatic nitrogens is 5. The molecule has 11 nitrogen and oxygen atoms in total. The summed E-state index contributed by atoms with van der Waals surface area (Å²) >= 11 is 0. The molecule has 0 unspecified atom stereocenters. The van der Waals surface area contributed by atoms with Gasteiger partial charge in [0.1, 0.15) is 17.2 Å². The largest absolute Gasteiger partial charge is 0.497 e. The Morgan fingerprint density at radius 2 is 1.81 bits per heavy atom. The van der Waals surface area contributed by atoms with Crippen molar-refractivity contribution in [2.75, 3.05) is 7.11 Å². The first-order valence-electron chi connectivity index (χ1n) is 9.37. The average molecular weight is 430 g/mol. The lowest BCUT2D eigenvalue weighted by Crippen LogP contribution is -1.96. The molecule has 0 atom stereocenters. The standard InChI is InChI=1S/C21H14N6O5/c1-30-15-7-5-13(6-8-15)17-12-26(25-22-17)14-3-2-4-16(11-14)31-19-10-9-18(27(28)29)20-21(19)24-32-23-20/h2-12H,1H3. The van der Waals surface area contributed by atoms with Gasteiger partial charge in [0, 0.05) is 17.7 Å². The van der Waals surface area contributed by atoms with E-state index in [1.54, 1.807) is 36.2 Å². The second kappa shape index (κ2) is 7.80. The van der Waals surface area contributed by atoms with Crippen molar-refractivity contribution in [3.05, 3.63) is 77.0 Å². The molecule has 0 amide bonds. The van der Waals surface area contributed by atoms with Crippen LogP contribution in [0.4, 0.5) is 5.69 Å². The monoisotopic (exact) mass is 430 g/mol. The number of rotatable bonds is 6. The molecule has 0 aliphatic rings. The predicted molar refractivity (Wildman–Crippen MR) is 112 cm³/mol. The number of non-ortho nitro benzene ring substituents is 1. The van der Waals surface area contributed by atoms with Crippen molar-refractivity contribution in [3.63, 3.8) is 0 Å². The SMILES string of the molecule is COc1ccc(-c2cn(-c3cccc(Oc4ccc([N+](=O)[O-])c5nonc45)c3)nn2)cc1. The zero-order valence-corrected chi connectivity index (χ0v) is 16.6. The van der Waals surface area contributed by atoms with Crippen molar-refractivity contribution in [1.29, 1.82) is 0 Å². The number of nitro benzene ring substituents is 1. The highest BCUT2D eigenvalue weighted by molar-refractivity contribution is 5.88. The Kier molecular flexibility index (Phi) is 4.67. The van der Waals surface area contributed by atoms with Gasteiger partial charge in [0.2, 0.25) is 5.52 Å². The molecule has 32 heavy (non-hydrogen) atoms. The van der Waals surface area contributed by atoms with Gasteiger partial charge < -0.3 is 9.47 Å². The van der Waals surface area contributed by atoms with E-state index in [-0.39, 0.29) is 22.5 Å². The van der Waals surface area contributed by atoms with E-state index in [9.17, 15) is 10.1 Å². The number of benzene rings is 3. The minimum Gasteiger partial charge on any atom is -0.497 e. The van der Waals surface area contributed by atoms with Crippen LogP contribution in [0.25, 0.3) is 28.0 Å². The van der Waals surface area contributed by atoms with Crippen LogP contribution in [-0.2, 0) is 0 Å². The van der Waals surface area contributed by atoms with Gasteiger partial charge in [-0.3, -0.25) is 10.1 Å². The third-order valence-corrected chi connectivity index (χ3v) is 4.74. The van der Waals surface area contributed by atoms with E-state index >= 15 is 0 Å². The van der Waals surface area contributed by atoms with Crippen LogP contribution in [0.1, 0.15) is 0 Å². The maximum absolute atomic E-state index is 11.2. The fourth-order valence-electron chi connectivity index (χ4n) is 3.16. The summed E-state index contributed by atoms with van der Waals surface area (Å²) in [5, 5.41) is 26.9. The molecular formula is C21H14N6O5. The molecule has 0 radical (unpaired) electrons. The molecule has 2 heterocycles. The van der Waals surface area contributed by atoms with Crippen LogP contribution in [0.5, 0.6) is 17.2 Å². The average Bonchev–Trinajstić information content (AvgIpc) is 3.50. The summed E-state index contributed by atoms with van der Waals surface area (Å²) < 4.78 is 17.4. The maximum atomic E-state index is 11.2. The minimum atomic E-state index is -0.554. The topological polar surface area (TPSA) is 131 Å². The first-order chi connectivity index (χ1) is 15.6. The molecule has 0 saturated carbocycles. The quantitative estimate of drug-likeness (QED) is 0.287. The molecule has 158 valence electrons. The Bertz CT molecular complexity index is 1430. The van der Waals surface area contributed by atoms with Gasteiger partial charge in [-0.2, -0.15) is 0 Å². The zero-order chi connectivity index (χ0) is 22.1. The molecule has 5 rings (SSSR count). The van der Waals surface area contributed by atoms with Crippen LogP contribution in [-0.4, -0.2) is 37.3 Å². The van der Waals surface area contributed by atoms with Crippen molar-refractivity contribution >= 4 is 16.7 Å². The van der Waals surface area contributed by atoms with E-state index in [2.05, 4.69) is 25.3 Å². The number of ether oxygens (including phenoxy) is 2. The number of hydrogen-bond donors (Lipinski definition) is 0. The molecule has 5 aromatic rings. The second-order valence-corrected chi connectivity index (χ2v) is 6.68. The molecule has 2 aromatic heterocycles. The number of fused-ring (bicyclic) bond motifs is 1. The smallest absolute Gasteiger partial charge is 0.301 e. The molecule has 3 aromatic carbocycles. The van der Waals surface area contributed by atoms with Crippen molar-refractivity contribution in [3.8, 4) is 34.2 Å². The van der Waals surface area contributed by atoms with Gasteiger partial charge in [-0.15, -0.1) is 5.10 Å². The fourth-order valence-corrected chi connectivity index (χ4v) is 3.16. The summed E-state index contributed by atoms with van der Waals surface area (Å²) in [6, 6.07) is 17.4. The van der Waals surface area contributed by atoms with Crippen molar-refractivity contribution in [2.24, 2.45) is 0 Å². The number of methoxy groups -OCH3 is 1. The summed E-state index contributed by atoms with van der Waals surface area (Å²) in [4.78, 5) is 10.6. The van der Waals surface area contributed by atoms with E-state index in [1.165, 1.54) is 12.1 Å². The van der Waals surface area contributed by atoms with Crippen LogP contribution in [0.15, 0.2) is 71.5 Å². The molecular weight excluding hydrogens is 416 g/mol. The normalized spacial score (nSPS) is 10.9. The molecule has 0 aliphatic carbocycles. The van der Waals surface area contributed by atoms with Gasteiger partial charge >= 0.3 is 5.69 Å². The van der Waals surface area contributed by atoms with E-state index < -0.39 is 4.92 Å². The molecule has 0 saturated heterocycles. The maximum Gasteiger partial charge on any atom is 0.301 e. The fraction of sp³-hybridized carbons (Fsp3) is 0.0476. The molecule has 11 heteroatoms. The Labute approximate surface area is 179 Å². The van der Waals surface area contributed by atoms with Gasteiger partial charge in [0.25, 0.3) is 0 Å². The van der Waals surface area contributed by atoms with Crippen molar-refractivity contribution < 1.29 is 19.0 Å². The van der Waals surface area contributed by atoms with Gasteiger partial charge in [0.05, 0.1) is 23.9 Å². The number of nitro groups is 1. The van der Waals surface area contributed by atoms with Crippen LogP contribution in [0.2, 0.25) is 0 Å². The Morgan fingerprint density at radius 3 is 2.59 bits per heavy atom. The van der Waals surface area contributed by atoms with Gasteiger partial charge in [-0.05, 0) is 52.8 Å². The van der Waals surface area contributed by atoms with Gasteiger partial charge in [-0.1, -0.05) is 11.3 Å². The number of nitrogens with zero attached hydrogens (tertiary/aromatic N) is 6. The zero-order valence-electron chi connectivity index (χ0n) is 16.6. The third-order valence-electron chi connectivity index (χ3n) is 4.74. The van der Waals surface area contributed by atoms with E-state index in [0.717, 1.165) is 11.3 Å². The number of hydrogen-bond acceptors (Lipinski definition) is 9. The van der Waals surface area contributed by atoms with E-state index in [4.69, 9.17) is 9.47 Å². The van der Waals surface area contributed by atoms with Gasteiger partial charge in [0.15, 0.2) is 11.3 Å². The van der Waals surface area contributed by atoms with Crippen LogP contribution < -0.4 is 9.47 Å². The lowest BCUT2D eigenvalue weighted by molar-refractivity contribution is -0.383. The summed E-state index contributed by atoms with van der Waals surface area (Å²) in [5.74, 6) is 1.51. The summed E-state index contributed by atoms with van der Waals surface area (Å²) in [5.41, 5.74) is 2.28. The van der Waals surface area contributed by atoms with Crippen LogP contribution >= 0.6 is 0 Å². The van der Waals surface area contributed by atoms with E-state index in [0.29, 0.717) is 17.1 Å². The second-order valence-electron chi connectivity index (χ2n) is 6.68. The van der Waals surface area contributed by atoms with Crippen molar-refractivity contribution in [1.82, 2.24) is 25.3 Å². The van der Waals surface area contributed by atoms with Crippen LogP contribution in [0, 0.1) is 10.1 Å². The van der Waals surface area contributed by atoms with Gasteiger partial charge in [-0.25, -0.2) is 9.31 Å². The summed E-state index contributed by atoms with van der Waals surface area (Å²) in [7, 11) is 1.61. The van der Waals surface area contributed by atoms with Crippen molar-refractivity contribution in [2.45, 2.75) is 0 Å². The third kappa shape index (κ3) is 3.47. The first-order valence-corrected chi connectivity index (χ1v) is 9.37. The van der Waals surface area contributed by atoms with Crippen LogP contribution in [0.3, 0.4) is 0 Å². The Balaban J connectivity index is 1.43.